The SMILES string of the molecule is CC/C=C\C/C=C\C/C=C\C/C=C\C/C=C\C/C=C\C/C=C\CCCCCCCCCCCCCCCC(=O)OCC(COC(=O)CCCCCCC)OC(=O)CCCCCCCCCCCCC/C=C\C/C=C\CCCCCCC. The first-order chi connectivity index (χ1) is 40.0. The first-order valence-corrected chi connectivity index (χ1v) is 34.4. The second kappa shape index (κ2) is 68.6. The first kappa shape index (κ1) is 77.1. The molecule has 464 valence electrons. The summed E-state index contributed by atoms with van der Waals surface area (Å²) in [5.41, 5.74) is 0. The van der Waals surface area contributed by atoms with Gasteiger partial charge in [-0.15, -0.1) is 0 Å². The third kappa shape index (κ3) is 66.8. The average Bonchev–Trinajstić information content (AvgIpc) is 3.47. The van der Waals surface area contributed by atoms with E-state index in [0.29, 0.717) is 19.3 Å². The Morgan fingerprint density at radius 1 is 0.259 bits per heavy atom. The predicted octanol–water partition coefficient (Wildman–Crippen LogP) is 23.8. The van der Waals surface area contributed by atoms with Gasteiger partial charge in [-0.3, -0.25) is 14.4 Å². The summed E-state index contributed by atoms with van der Waals surface area (Å²) < 4.78 is 16.8. The second-order valence-electron chi connectivity index (χ2n) is 22.7. The van der Waals surface area contributed by atoms with Crippen LogP contribution in [0.4, 0.5) is 0 Å². The topological polar surface area (TPSA) is 78.9 Å². The zero-order valence-electron chi connectivity index (χ0n) is 53.3. The van der Waals surface area contributed by atoms with Crippen LogP contribution in [0.25, 0.3) is 0 Å². The molecule has 0 aromatic rings. The molecule has 81 heavy (non-hydrogen) atoms. The molecular weight excluding hydrogens is 997 g/mol. The highest BCUT2D eigenvalue weighted by Gasteiger charge is 2.19. The Morgan fingerprint density at radius 2 is 0.481 bits per heavy atom. The van der Waals surface area contributed by atoms with E-state index in [1.54, 1.807) is 0 Å². The van der Waals surface area contributed by atoms with Gasteiger partial charge in [0.05, 0.1) is 0 Å². The van der Waals surface area contributed by atoms with E-state index < -0.39 is 6.10 Å². The van der Waals surface area contributed by atoms with Crippen molar-refractivity contribution >= 4 is 17.9 Å². The van der Waals surface area contributed by atoms with Gasteiger partial charge in [0.15, 0.2) is 6.10 Å². The molecule has 6 heteroatoms. The Kier molecular flexibility index (Phi) is 65.2. The molecule has 0 aliphatic rings. The third-order valence-corrected chi connectivity index (χ3v) is 14.8. The van der Waals surface area contributed by atoms with Crippen molar-refractivity contribution in [3.8, 4) is 0 Å². The second-order valence-corrected chi connectivity index (χ2v) is 22.7. The molecular formula is C75H128O6. The summed E-state index contributed by atoms with van der Waals surface area (Å²) in [7, 11) is 0. The lowest BCUT2D eigenvalue weighted by Gasteiger charge is -2.18. The molecule has 0 spiro atoms. The minimum atomic E-state index is -0.776. The van der Waals surface area contributed by atoms with Crippen molar-refractivity contribution < 1.29 is 28.6 Å². The standard InChI is InChI=1S/C75H128O6/c1-4-7-10-13-15-17-19-21-23-25-27-29-31-32-33-34-35-36-37-38-39-40-41-42-44-45-47-49-51-53-55-57-59-62-65-68-74(77)80-71-72(70-79-73(76)67-64-61-12-9-6-3)81-75(78)69-66-63-60-58-56-54-52-50-48-46-43-30-28-26-24-22-20-18-16-14-11-8-5-2/h7,10,15,17,20-23,26-29,32-33,35-36,38-39,72H,4-6,8-9,11-14,16,18-19,24-25,30-31,34,37,40-71H2,1-3H3/b10-7-,17-15-,22-20-,23-21-,28-26-,29-27-,33-32-,36-35-,39-38-. The maximum atomic E-state index is 12.8. The van der Waals surface area contributed by atoms with E-state index in [9.17, 15) is 14.4 Å². The molecule has 0 saturated carbocycles. The van der Waals surface area contributed by atoms with Crippen molar-refractivity contribution in [3.05, 3.63) is 109 Å². The Labute approximate surface area is 501 Å². The summed E-state index contributed by atoms with van der Waals surface area (Å²) >= 11 is 0. The van der Waals surface area contributed by atoms with Gasteiger partial charge >= 0.3 is 17.9 Å². The van der Waals surface area contributed by atoms with Crippen LogP contribution in [0.5, 0.6) is 0 Å². The van der Waals surface area contributed by atoms with E-state index >= 15 is 0 Å². The van der Waals surface area contributed by atoms with Crippen molar-refractivity contribution in [2.45, 2.75) is 335 Å². The molecule has 0 radical (unpaired) electrons. The van der Waals surface area contributed by atoms with E-state index in [-0.39, 0.29) is 31.1 Å². The molecule has 1 atom stereocenters. The van der Waals surface area contributed by atoms with Crippen LogP contribution in [0.2, 0.25) is 0 Å². The molecule has 6 nitrogen and oxygen atoms in total. The van der Waals surface area contributed by atoms with Crippen LogP contribution >= 0.6 is 0 Å². The number of esters is 3. The van der Waals surface area contributed by atoms with Crippen molar-refractivity contribution in [2.24, 2.45) is 0 Å². The lowest BCUT2D eigenvalue weighted by atomic mass is 10.0. The van der Waals surface area contributed by atoms with Crippen LogP contribution < -0.4 is 0 Å². The number of allylic oxidation sites excluding steroid dienone is 18. The number of rotatable bonds is 62. The first-order valence-electron chi connectivity index (χ1n) is 34.4. The molecule has 0 N–H and O–H groups in total. The van der Waals surface area contributed by atoms with Crippen LogP contribution in [-0.2, 0) is 28.6 Å². The highest BCUT2D eigenvalue weighted by Crippen LogP contribution is 2.17. The summed E-state index contributed by atoms with van der Waals surface area (Å²) in [6, 6.07) is 0. The van der Waals surface area contributed by atoms with Gasteiger partial charge in [-0.1, -0.05) is 310 Å². The van der Waals surface area contributed by atoms with Gasteiger partial charge in [-0.2, -0.15) is 0 Å². The number of carbonyl (C=O) groups excluding carboxylic acids is 3. The van der Waals surface area contributed by atoms with E-state index in [1.165, 1.54) is 173 Å². The molecule has 0 amide bonds. The number of hydrogen-bond acceptors (Lipinski definition) is 6. The van der Waals surface area contributed by atoms with Crippen molar-refractivity contribution in [1.29, 1.82) is 0 Å². The third-order valence-electron chi connectivity index (χ3n) is 14.8. The zero-order chi connectivity index (χ0) is 58.5. The molecule has 0 fully saturated rings. The molecule has 0 aliphatic carbocycles. The van der Waals surface area contributed by atoms with Crippen molar-refractivity contribution in [2.75, 3.05) is 13.2 Å². The maximum absolute atomic E-state index is 12.8. The lowest BCUT2D eigenvalue weighted by molar-refractivity contribution is -0.167. The minimum absolute atomic E-state index is 0.0771. The predicted molar refractivity (Wildman–Crippen MR) is 353 cm³/mol. The van der Waals surface area contributed by atoms with Crippen LogP contribution in [0, 0.1) is 0 Å². The number of ether oxygens (including phenoxy) is 3. The molecule has 0 heterocycles. The normalized spacial score (nSPS) is 12.8. The Morgan fingerprint density at radius 3 is 0.753 bits per heavy atom. The van der Waals surface area contributed by atoms with Gasteiger partial charge in [0.2, 0.25) is 0 Å². The Balaban J connectivity index is 3.99. The molecule has 0 aromatic carbocycles. The van der Waals surface area contributed by atoms with Gasteiger partial charge in [0, 0.05) is 19.3 Å². The van der Waals surface area contributed by atoms with Crippen LogP contribution in [0.1, 0.15) is 329 Å². The average molecular weight is 1130 g/mol. The smallest absolute Gasteiger partial charge is 0.306 e. The summed E-state index contributed by atoms with van der Waals surface area (Å²) in [4.78, 5) is 38.0. The van der Waals surface area contributed by atoms with Crippen LogP contribution in [0.3, 0.4) is 0 Å². The quantitative estimate of drug-likeness (QED) is 0.0261. The minimum Gasteiger partial charge on any atom is -0.462 e. The fourth-order valence-electron chi connectivity index (χ4n) is 9.63. The number of hydrogen-bond donors (Lipinski definition) is 0. The summed E-state index contributed by atoms with van der Waals surface area (Å²) in [6.45, 7) is 6.46. The van der Waals surface area contributed by atoms with Crippen LogP contribution in [0.15, 0.2) is 109 Å². The van der Waals surface area contributed by atoms with E-state index in [1.807, 2.05) is 0 Å². The number of unbranched alkanes of at least 4 members (excludes halogenated alkanes) is 33. The van der Waals surface area contributed by atoms with Gasteiger partial charge in [-0.25, -0.2) is 0 Å². The molecule has 0 saturated heterocycles. The molecule has 0 rings (SSSR count). The highest BCUT2D eigenvalue weighted by molar-refractivity contribution is 5.71. The van der Waals surface area contributed by atoms with Gasteiger partial charge < -0.3 is 14.2 Å². The van der Waals surface area contributed by atoms with Crippen LogP contribution in [-0.4, -0.2) is 37.2 Å². The van der Waals surface area contributed by atoms with E-state index in [2.05, 4.69) is 130 Å². The fraction of sp³-hybridized carbons (Fsp3) is 0.720. The summed E-state index contributed by atoms with van der Waals surface area (Å²) in [5, 5.41) is 0. The summed E-state index contributed by atoms with van der Waals surface area (Å²) in [5.74, 6) is -0.884. The Hall–Kier alpha value is -3.93. The highest BCUT2D eigenvalue weighted by atomic mass is 16.6. The Bertz CT molecular complexity index is 1620. The fourth-order valence-corrected chi connectivity index (χ4v) is 9.63. The molecule has 0 aliphatic heterocycles. The van der Waals surface area contributed by atoms with Crippen molar-refractivity contribution in [3.63, 3.8) is 0 Å². The van der Waals surface area contributed by atoms with Gasteiger partial charge in [0.25, 0.3) is 0 Å². The largest absolute Gasteiger partial charge is 0.462 e. The monoisotopic (exact) mass is 1120 g/mol. The molecule has 0 aromatic heterocycles. The number of carbonyl (C=O) groups is 3. The zero-order valence-corrected chi connectivity index (χ0v) is 53.3. The van der Waals surface area contributed by atoms with Gasteiger partial charge in [-0.05, 0) is 109 Å². The molecule has 1 unspecified atom stereocenters. The summed E-state index contributed by atoms with van der Waals surface area (Å²) in [6.07, 6.45) is 94.5. The maximum Gasteiger partial charge on any atom is 0.306 e. The molecule has 0 bridgehead atoms. The van der Waals surface area contributed by atoms with E-state index in [4.69, 9.17) is 14.2 Å². The van der Waals surface area contributed by atoms with Gasteiger partial charge in [0.1, 0.15) is 13.2 Å². The van der Waals surface area contributed by atoms with Crippen molar-refractivity contribution in [1.82, 2.24) is 0 Å². The lowest BCUT2D eigenvalue weighted by Crippen LogP contribution is -2.30. The van der Waals surface area contributed by atoms with E-state index in [0.717, 1.165) is 116 Å².